The summed E-state index contributed by atoms with van der Waals surface area (Å²) in [5, 5.41) is 8.93. The number of anilines is 4. The minimum Gasteiger partial charge on any atom is -0.337 e. The largest absolute Gasteiger partial charge is 0.416 e. The number of imidazole rings is 1. The lowest BCUT2D eigenvalue weighted by Crippen LogP contribution is -2.19. The van der Waals surface area contributed by atoms with Gasteiger partial charge in [0.2, 0.25) is 0 Å². The quantitative estimate of drug-likeness (QED) is 0.224. The van der Waals surface area contributed by atoms with Gasteiger partial charge in [-0.3, -0.25) is 0 Å². The number of carbonyl (C=O) groups is 1. The van der Waals surface area contributed by atoms with Crippen LogP contribution in [0.5, 0.6) is 0 Å². The molecule has 0 aliphatic carbocycles. The number of urea groups is 1. The Bertz CT molecular complexity index is 1580. The molecular formula is C26H18ClF3N6O. The zero-order valence-corrected chi connectivity index (χ0v) is 19.7. The predicted molar refractivity (Wildman–Crippen MR) is 137 cm³/mol. The Balaban J connectivity index is 1.37. The summed E-state index contributed by atoms with van der Waals surface area (Å²) < 4.78 is 40.7. The third-order valence-electron chi connectivity index (χ3n) is 5.35. The van der Waals surface area contributed by atoms with Crippen molar-refractivity contribution in [1.29, 1.82) is 0 Å². The third kappa shape index (κ3) is 5.65. The van der Waals surface area contributed by atoms with Gasteiger partial charge in [0.1, 0.15) is 0 Å². The van der Waals surface area contributed by atoms with Crippen molar-refractivity contribution in [3.8, 4) is 11.3 Å². The Labute approximate surface area is 214 Å². The molecule has 11 heteroatoms. The second kappa shape index (κ2) is 9.82. The maximum atomic E-state index is 13.0. The molecule has 0 unspecified atom stereocenters. The zero-order valence-electron chi connectivity index (χ0n) is 18.9. The first-order valence-electron chi connectivity index (χ1n) is 11.0. The number of halogens is 4. The zero-order chi connectivity index (χ0) is 26.0. The number of nitrogens with zero attached hydrogens (tertiary/aromatic N) is 3. The lowest BCUT2D eigenvalue weighted by molar-refractivity contribution is -0.137. The van der Waals surface area contributed by atoms with E-state index in [1.807, 2.05) is 22.6 Å². The van der Waals surface area contributed by atoms with Crippen LogP contribution in [0, 0.1) is 0 Å². The van der Waals surface area contributed by atoms with Crippen LogP contribution in [0.4, 0.5) is 40.8 Å². The molecule has 2 aromatic heterocycles. The number of hydrogen-bond donors (Lipinski definition) is 3. The van der Waals surface area contributed by atoms with Crippen LogP contribution >= 0.6 is 11.6 Å². The van der Waals surface area contributed by atoms with Gasteiger partial charge >= 0.3 is 12.2 Å². The van der Waals surface area contributed by atoms with Crippen molar-refractivity contribution < 1.29 is 18.0 Å². The summed E-state index contributed by atoms with van der Waals surface area (Å²) in [4.78, 5) is 21.5. The van der Waals surface area contributed by atoms with E-state index < -0.39 is 17.8 Å². The van der Waals surface area contributed by atoms with E-state index >= 15 is 0 Å². The van der Waals surface area contributed by atoms with E-state index in [-0.39, 0.29) is 5.69 Å². The van der Waals surface area contributed by atoms with Gasteiger partial charge in [-0.25, -0.2) is 14.8 Å². The molecule has 0 saturated heterocycles. The van der Waals surface area contributed by atoms with Crippen LogP contribution in [0.25, 0.3) is 16.9 Å². The molecule has 2 amide bonds. The van der Waals surface area contributed by atoms with Crippen LogP contribution < -0.4 is 16.0 Å². The molecule has 7 nitrogen and oxygen atoms in total. The number of fused-ring (bicyclic) bond motifs is 1. The molecule has 5 rings (SSSR count). The first-order chi connectivity index (χ1) is 17.7. The maximum absolute atomic E-state index is 13.0. The average molecular weight is 523 g/mol. The molecule has 0 bridgehead atoms. The summed E-state index contributed by atoms with van der Waals surface area (Å²) in [5.74, 6) is 0.519. The van der Waals surface area contributed by atoms with Crippen LogP contribution in [0.2, 0.25) is 5.02 Å². The molecular weight excluding hydrogens is 505 g/mol. The fourth-order valence-electron chi connectivity index (χ4n) is 3.65. The summed E-state index contributed by atoms with van der Waals surface area (Å²) in [6.45, 7) is 0. The minimum atomic E-state index is -4.51. The fourth-order valence-corrected chi connectivity index (χ4v) is 3.77. The van der Waals surface area contributed by atoms with Gasteiger partial charge in [0.15, 0.2) is 11.5 Å². The number of amides is 2. The predicted octanol–water partition coefficient (Wildman–Crippen LogP) is 7.46. The SMILES string of the molecule is O=C(Nc1cccc(-c2cn3ccnc3c(Nc3ccc(Cl)cc3)n2)c1)Nc1cccc(C(F)(F)F)c1. The molecule has 0 aliphatic heterocycles. The second-order valence-electron chi connectivity index (χ2n) is 8.00. The van der Waals surface area contributed by atoms with Gasteiger partial charge in [-0.05, 0) is 54.6 Å². The Hall–Kier alpha value is -4.57. The molecule has 0 spiro atoms. The van der Waals surface area contributed by atoms with Crippen molar-refractivity contribution in [2.24, 2.45) is 0 Å². The summed E-state index contributed by atoms with van der Waals surface area (Å²) in [5.41, 5.74) is 2.30. The Morgan fingerprint density at radius 3 is 2.32 bits per heavy atom. The molecule has 3 N–H and O–H groups in total. The van der Waals surface area contributed by atoms with Crippen LogP contribution in [0.3, 0.4) is 0 Å². The van der Waals surface area contributed by atoms with Crippen molar-refractivity contribution in [3.63, 3.8) is 0 Å². The molecule has 37 heavy (non-hydrogen) atoms. The van der Waals surface area contributed by atoms with Gasteiger partial charge in [0, 0.05) is 46.2 Å². The summed E-state index contributed by atoms with van der Waals surface area (Å²) in [6.07, 6.45) is 0.742. The minimum absolute atomic E-state index is 0.0219. The fraction of sp³-hybridized carbons (Fsp3) is 0.0385. The van der Waals surface area contributed by atoms with Gasteiger partial charge in [-0.2, -0.15) is 13.2 Å². The number of alkyl halides is 3. The summed E-state index contributed by atoms with van der Waals surface area (Å²) >= 11 is 5.98. The molecule has 0 saturated carbocycles. The average Bonchev–Trinajstić information content (AvgIpc) is 3.34. The van der Waals surface area contributed by atoms with E-state index in [1.54, 1.807) is 48.9 Å². The lowest BCUT2D eigenvalue weighted by Gasteiger charge is -2.12. The third-order valence-corrected chi connectivity index (χ3v) is 5.60. The number of carbonyl (C=O) groups excluding carboxylic acids is 1. The number of hydrogen-bond acceptors (Lipinski definition) is 4. The van der Waals surface area contributed by atoms with Gasteiger partial charge in [0.05, 0.1) is 11.3 Å². The van der Waals surface area contributed by atoms with E-state index in [1.165, 1.54) is 12.1 Å². The molecule has 186 valence electrons. The van der Waals surface area contributed by atoms with E-state index in [9.17, 15) is 18.0 Å². The van der Waals surface area contributed by atoms with E-state index in [0.717, 1.165) is 17.8 Å². The smallest absolute Gasteiger partial charge is 0.337 e. The Kier molecular flexibility index (Phi) is 6.41. The van der Waals surface area contributed by atoms with Crippen molar-refractivity contribution in [2.75, 3.05) is 16.0 Å². The van der Waals surface area contributed by atoms with Gasteiger partial charge in [0.25, 0.3) is 0 Å². The Morgan fingerprint density at radius 2 is 1.59 bits per heavy atom. The first-order valence-corrected chi connectivity index (χ1v) is 11.3. The van der Waals surface area contributed by atoms with Crippen molar-refractivity contribution in [3.05, 3.63) is 102 Å². The van der Waals surface area contributed by atoms with Crippen LogP contribution in [-0.2, 0) is 6.18 Å². The molecule has 0 fully saturated rings. The first kappa shape index (κ1) is 24.1. The topological polar surface area (TPSA) is 83.4 Å². The Morgan fingerprint density at radius 1 is 0.892 bits per heavy atom. The molecule has 3 aromatic carbocycles. The molecule has 2 heterocycles. The molecule has 5 aromatic rings. The van der Waals surface area contributed by atoms with Gasteiger partial charge < -0.3 is 20.4 Å². The monoisotopic (exact) mass is 522 g/mol. The normalized spacial score (nSPS) is 11.4. The van der Waals surface area contributed by atoms with Crippen LogP contribution in [-0.4, -0.2) is 20.4 Å². The van der Waals surface area contributed by atoms with Crippen molar-refractivity contribution in [2.45, 2.75) is 6.18 Å². The number of nitrogens with one attached hydrogen (secondary N) is 3. The number of rotatable bonds is 5. The highest BCUT2D eigenvalue weighted by Crippen LogP contribution is 2.31. The van der Waals surface area contributed by atoms with E-state index in [0.29, 0.717) is 33.4 Å². The number of benzene rings is 3. The van der Waals surface area contributed by atoms with Gasteiger partial charge in [-0.1, -0.05) is 29.8 Å². The highest BCUT2D eigenvalue weighted by molar-refractivity contribution is 6.30. The van der Waals surface area contributed by atoms with Crippen LogP contribution in [0.15, 0.2) is 91.4 Å². The second-order valence-corrected chi connectivity index (χ2v) is 8.44. The lowest BCUT2D eigenvalue weighted by atomic mass is 10.1. The molecule has 0 atom stereocenters. The highest BCUT2D eigenvalue weighted by Gasteiger charge is 2.30. The van der Waals surface area contributed by atoms with Crippen LogP contribution in [0.1, 0.15) is 5.56 Å². The van der Waals surface area contributed by atoms with E-state index in [2.05, 4.69) is 20.9 Å². The molecule has 0 aliphatic rings. The maximum Gasteiger partial charge on any atom is 0.416 e. The standard InChI is InChI=1S/C26H18ClF3N6O/c27-18-7-9-19(10-8-18)32-23-24-31-11-12-36(24)15-22(35-23)16-3-1-5-20(13-16)33-25(37)34-21-6-2-4-17(14-21)26(28,29)30/h1-15H,(H,32,35)(H2,33,34,37). The number of aromatic nitrogens is 3. The summed E-state index contributed by atoms with van der Waals surface area (Å²) in [7, 11) is 0. The highest BCUT2D eigenvalue weighted by atomic mass is 35.5. The van der Waals surface area contributed by atoms with Crippen molar-refractivity contribution >= 4 is 46.2 Å². The van der Waals surface area contributed by atoms with Crippen molar-refractivity contribution in [1.82, 2.24) is 14.4 Å². The summed E-state index contributed by atoms with van der Waals surface area (Å²) in [6, 6.07) is 17.8. The van der Waals surface area contributed by atoms with E-state index in [4.69, 9.17) is 16.6 Å². The molecule has 0 radical (unpaired) electrons. The van der Waals surface area contributed by atoms with Gasteiger partial charge in [-0.15, -0.1) is 0 Å².